The maximum absolute atomic E-state index is 12.5. The number of amides is 1. The van der Waals surface area contributed by atoms with E-state index >= 15 is 0 Å². The summed E-state index contributed by atoms with van der Waals surface area (Å²) in [5.41, 5.74) is 0. The average molecular weight is 1060 g/mol. The molecule has 0 aromatic heterocycles. The summed E-state index contributed by atoms with van der Waals surface area (Å²) in [7, 11) is 0. The smallest absolute Gasteiger partial charge is 0.305 e. The summed E-state index contributed by atoms with van der Waals surface area (Å²) in [6.07, 6.45) is 79.9. The molecule has 75 heavy (non-hydrogen) atoms. The molecule has 0 saturated heterocycles. The second-order valence-corrected chi connectivity index (χ2v) is 23.9. The number of hydrogen-bond donors (Lipinski definition) is 3. The summed E-state index contributed by atoms with van der Waals surface area (Å²) in [4.78, 5) is 24.6. The number of unbranched alkanes of at least 4 members (excludes halogenated alkanes) is 54. The van der Waals surface area contributed by atoms with E-state index in [1.807, 2.05) is 6.08 Å². The molecule has 0 aromatic rings. The highest BCUT2D eigenvalue weighted by Crippen LogP contribution is 2.19. The van der Waals surface area contributed by atoms with Gasteiger partial charge in [0.2, 0.25) is 5.91 Å². The number of ether oxygens (including phenoxy) is 1. The molecule has 0 saturated carbocycles. The lowest BCUT2D eigenvalue weighted by Gasteiger charge is -2.20. The van der Waals surface area contributed by atoms with Crippen molar-refractivity contribution in [3.05, 3.63) is 12.2 Å². The molecule has 0 fully saturated rings. The second kappa shape index (κ2) is 65.1. The van der Waals surface area contributed by atoms with Crippen LogP contribution in [0.2, 0.25) is 0 Å². The minimum Gasteiger partial charge on any atom is -0.466 e. The average Bonchev–Trinajstić information content (AvgIpc) is 3.41. The Kier molecular flexibility index (Phi) is 63.9. The molecule has 0 aliphatic rings. The molecular weight excluding hydrogens is 923 g/mol. The molecule has 0 aliphatic carbocycles. The first kappa shape index (κ1) is 73.6. The van der Waals surface area contributed by atoms with Crippen LogP contribution in [0.3, 0.4) is 0 Å². The van der Waals surface area contributed by atoms with Gasteiger partial charge in [-0.1, -0.05) is 360 Å². The van der Waals surface area contributed by atoms with Crippen LogP contribution >= 0.6 is 0 Å². The van der Waals surface area contributed by atoms with Crippen LogP contribution in [0.5, 0.6) is 0 Å². The number of esters is 1. The maximum Gasteiger partial charge on any atom is 0.305 e. The van der Waals surface area contributed by atoms with E-state index in [1.165, 1.54) is 327 Å². The van der Waals surface area contributed by atoms with Gasteiger partial charge in [0.15, 0.2) is 0 Å². The fourth-order valence-corrected chi connectivity index (χ4v) is 11.1. The zero-order valence-corrected chi connectivity index (χ0v) is 51.1. The number of carbonyl (C=O) groups is 2. The molecule has 0 radical (unpaired) electrons. The van der Waals surface area contributed by atoms with Crippen LogP contribution in [0.15, 0.2) is 12.2 Å². The molecule has 0 bridgehead atoms. The Morgan fingerprint density at radius 1 is 0.360 bits per heavy atom. The number of aliphatic hydroxyl groups is 2. The largest absolute Gasteiger partial charge is 0.466 e. The van der Waals surface area contributed by atoms with E-state index in [0.717, 1.165) is 38.5 Å². The highest BCUT2D eigenvalue weighted by atomic mass is 16.5. The molecule has 6 heteroatoms. The van der Waals surface area contributed by atoms with Gasteiger partial charge < -0.3 is 20.3 Å². The zero-order chi connectivity index (χ0) is 54.3. The predicted octanol–water partition coefficient (Wildman–Crippen LogP) is 22.0. The Hall–Kier alpha value is -1.40. The normalized spacial score (nSPS) is 12.5. The van der Waals surface area contributed by atoms with Crippen molar-refractivity contribution in [3.63, 3.8) is 0 Å². The van der Waals surface area contributed by atoms with Crippen molar-refractivity contribution >= 4 is 11.9 Å². The van der Waals surface area contributed by atoms with Gasteiger partial charge >= 0.3 is 5.97 Å². The lowest BCUT2D eigenvalue weighted by molar-refractivity contribution is -0.143. The number of rotatable bonds is 65. The van der Waals surface area contributed by atoms with Gasteiger partial charge in [0.1, 0.15) is 0 Å². The molecule has 0 spiro atoms. The third kappa shape index (κ3) is 61.7. The SMILES string of the molecule is CCCCCCCCCCCCCCCCCCC/C=C/C(O)C(CO)NC(=O)CCCCCCCCCCCCCCCCCCCCCCOC(=O)CCCCCCCCCCCCCCCCCCCCC. The number of carbonyl (C=O) groups excluding carboxylic acids is 2. The van der Waals surface area contributed by atoms with E-state index in [4.69, 9.17) is 4.74 Å². The van der Waals surface area contributed by atoms with Crippen molar-refractivity contribution in [1.82, 2.24) is 5.32 Å². The topological polar surface area (TPSA) is 95.9 Å². The monoisotopic (exact) mass is 1060 g/mol. The summed E-state index contributed by atoms with van der Waals surface area (Å²) in [5, 5.41) is 23.2. The molecule has 446 valence electrons. The Labute approximate surface area is 469 Å². The molecule has 6 nitrogen and oxygen atoms in total. The summed E-state index contributed by atoms with van der Waals surface area (Å²) in [6, 6.07) is -0.629. The fourth-order valence-electron chi connectivity index (χ4n) is 11.1. The Balaban J connectivity index is 3.39. The van der Waals surface area contributed by atoms with Crippen molar-refractivity contribution < 1.29 is 24.5 Å². The van der Waals surface area contributed by atoms with Crippen LogP contribution in [0.4, 0.5) is 0 Å². The van der Waals surface area contributed by atoms with Crippen LogP contribution in [0, 0.1) is 0 Å². The van der Waals surface area contributed by atoms with E-state index < -0.39 is 12.1 Å². The third-order valence-corrected chi connectivity index (χ3v) is 16.3. The first-order valence-corrected chi connectivity index (χ1v) is 34.5. The first-order valence-electron chi connectivity index (χ1n) is 34.5. The number of hydrogen-bond acceptors (Lipinski definition) is 5. The lowest BCUT2D eigenvalue weighted by atomic mass is 10.0. The van der Waals surface area contributed by atoms with E-state index in [2.05, 4.69) is 19.2 Å². The van der Waals surface area contributed by atoms with Gasteiger partial charge in [0.25, 0.3) is 0 Å². The molecule has 3 N–H and O–H groups in total. The minimum atomic E-state index is -0.846. The second-order valence-electron chi connectivity index (χ2n) is 23.9. The molecule has 2 atom stereocenters. The van der Waals surface area contributed by atoms with Crippen molar-refractivity contribution in [2.45, 2.75) is 405 Å². The fraction of sp³-hybridized carbons (Fsp3) is 0.942. The van der Waals surface area contributed by atoms with Gasteiger partial charge in [-0.3, -0.25) is 9.59 Å². The zero-order valence-electron chi connectivity index (χ0n) is 51.1. The van der Waals surface area contributed by atoms with Gasteiger partial charge in [-0.05, 0) is 32.1 Å². The van der Waals surface area contributed by atoms with Gasteiger partial charge in [-0.25, -0.2) is 0 Å². The summed E-state index contributed by atoms with van der Waals surface area (Å²) in [5.74, 6) is -0.0498. The standard InChI is InChI=1S/C69H135NO5/c1-3-5-7-9-11-13-15-17-19-21-25-29-33-37-41-45-49-53-57-61-67(72)66(65-71)70-68(73)62-58-54-50-46-42-38-34-30-27-23-24-28-32-36-40-44-48-52-56-60-64-75-69(74)63-59-55-51-47-43-39-35-31-26-22-20-18-16-14-12-10-8-6-4-2/h57,61,66-67,71-72H,3-56,58-60,62-65H2,1-2H3,(H,70,73)/b61-57+. The van der Waals surface area contributed by atoms with Crippen molar-refractivity contribution in [2.24, 2.45) is 0 Å². The number of aliphatic hydroxyl groups excluding tert-OH is 2. The van der Waals surface area contributed by atoms with Crippen LogP contribution in [-0.2, 0) is 14.3 Å². The summed E-state index contributed by atoms with van der Waals surface area (Å²) < 4.78 is 5.51. The highest BCUT2D eigenvalue weighted by Gasteiger charge is 2.18. The highest BCUT2D eigenvalue weighted by molar-refractivity contribution is 5.76. The summed E-state index contributed by atoms with van der Waals surface area (Å²) in [6.45, 7) is 4.95. The van der Waals surface area contributed by atoms with Gasteiger partial charge in [-0.2, -0.15) is 0 Å². The van der Waals surface area contributed by atoms with Crippen LogP contribution in [0.25, 0.3) is 0 Å². The lowest BCUT2D eigenvalue weighted by Crippen LogP contribution is -2.45. The predicted molar refractivity (Wildman–Crippen MR) is 329 cm³/mol. The van der Waals surface area contributed by atoms with Gasteiger partial charge in [0, 0.05) is 12.8 Å². The molecular formula is C69H135NO5. The molecule has 0 heterocycles. The Morgan fingerprint density at radius 2 is 0.613 bits per heavy atom. The summed E-state index contributed by atoms with van der Waals surface area (Å²) >= 11 is 0. The van der Waals surface area contributed by atoms with E-state index in [9.17, 15) is 19.8 Å². The van der Waals surface area contributed by atoms with Crippen LogP contribution < -0.4 is 5.32 Å². The minimum absolute atomic E-state index is 0.0159. The van der Waals surface area contributed by atoms with E-state index in [0.29, 0.717) is 19.4 Å². The quantitative estimate of drug-likeness (QED) is 0.0320. The molecule has 0 aliphatic heterocycles. The van der Waals surface area contributed by atoms with Crippen LogP contribution in [0.1, 0.15) is 393 Å². The van der Waals surface area contributed by atoms with E-state index in [-0.39, 0.29) is 18.5 Å². The van der Waals surface area contributed by atoms with Gasteiger partial charge in [0.05, 0.1) is 25.4 Å². The number of allylic oxidation sites excluding steroid dienone is 1. The van der Waals surface area contributed by atoms with Gasteiger partial charge in [-0.15, -0.1) is 0 Å². The van der Waals surface area contributed by atoms with Crippen molar-refractivity contribution in [1.29, 1.82) is 0 Å². The molecule has 0 rings (SSSR count). The van der Waals surface area contributed by atoms with Crippen molar-refractivity contribution in [3.8, 4) is 0 Å². The molecule has 0 aromatic carbocycles. The Bertz CT molecular complexity index is 1130. The number of nitrogens with one attached hydrogen (secondary N) is 1. The first-order chi connectivity index (χ1) is 37.0. The van der Waals surface area contributed by atoms with E-state index in [1.54, 1.807) is 6.08 Å². The van der Waals surface area contributed by atoms with Crippen molar-refractivity contribution in [2.75, 3.05) is 13.2 Å². The Morgan fingerprint density at radius 3 is 0.907 bits per heavy atom. The van der Waals surface area contributed by atoms with Crippen LogP contribution in [-0.4, -0.2) is 47.4 Å². The molecule has 1 amide bonds. The third-order valence-electron chi connectivity index (χ3n) is 16.3. The molecule has 2 unspecified atom stereocenters. The maximum atomic E-state index is 12.5.